The van der Waals surface area contributed by atoms with E-state index in [9.17, 15) is 0 Å². The molecule has 0 saturated heterocycles. The fourth-order valence-corrected chi connectivity index (χ4v) is 17.8. The van der Waals surface area contributed by atoms with Crippen molar-refractivity contribution in [3.05, 3.63) is 157 Å². The van der Waals surface area contributed by atoms with E-state index in [4.69, 9.17) is 9.99 Å². The summed E-state index contributed by atoms with van der Waals surface area (Å²) in [7, 11) is 0. The van der Waals surface area contributed by atoms with Gasteiger partial charge in [-0.3, -0.25) is 0 Å². The van der Waals surface area contributed by atoms with Crippen LogP contribution < -0.4 is 17.6 Å². The first-order valence-electron chi connectivity index (χ1n) is 14.4. The predicted octanol–water partition coefficient (Wildman–Crippen LogP) is 6.28. The molecule has 0 heterocycles. The molecule has 1 unspecified atom stereocenters. The second kappa shape index (κ2) is 15.0. The number of benzene rings is 5. The monoisotopic (exact) mass is 665 g/mol. The molecule has 0 spiro atoms. The summed E-state index contributed by atoms with van der Waals surface area (Å²) < 4.78 is 6.84. The van der Waals surface area contributed by atoms with Crippen LogP contribution in [0.2, 0.25) is 4.82 Å². The molecule has 0 N–H and O–H groups in total. The molecule has 4 heteroatoms. The van der Waals surface area contributed by atoms with Crippen molar-refractivity contribution in [1.82, 2.24) is 0 Å². The summed E-state index contributed by atoms with van der Waals surface area (Å²) in [6, 6.07) is 54.6. The molecule has 0 radical (unpaired) electrons. The van der Waals surface area contributed by atoms with Crippen molar-refractivity contribution >= 4 is 50.4 Å². The molecule has 0 bridgehead atoms. The van der Waals surface area contributed by atoms with Gasteiger partial charge in [-0.1, -0.05) is 0 Å². The summed E-state index contributed by atoms with van der Waals surface area (Å²) in [5, 5.41) is 5.11. The van der Waals surface area contributed by atoms with Crippen LogP contribution in [0.25, 0.3) is 0 Å². The molecule has 0 aliphatic rings. The summed E-state index contributed by atoms with van der Waals surface area (Å²) in [5.41, 5.74) is 1.13. The Morgan fingerprint density at radius 1 is 0.634 bits per heavy atom. The quantitative estimate of drug-likeness (QED) is 0.0827. The van der Waals surface area contributed by atoms with Gasteiger partial charge in [0.1, 0.15) is 0 Å². The summed E-state index contributed by atoms with van der Waals surface area (Å²) >= 11 is -3.00. The average Bonchev–Trinajstić information content (AvgIpc) is 3.04. The van der Waals surface area contributed by atoms with Crippen LogP contribution in [0.1, 0.15) is 31.7 Å². The second-order valence-corrected chi connectivity index (χ2v) is 21.4. The first kappa shape index (κ1) is 29.1. The molecule has 41 heavy (non-hydrogen) atoms. The van der Waals surface area contributed by atoms with Gasteiger partial charge in [0.25, 0.3) is 0 Å². The molecule has 1 atom stereocenters. The normalized spacial score (nSPS) is 12.6. The molecule has 0 saturated carbocycles. The molecule has 0 aliphatic carbocycles. The SMILES string of the molecule is CC(CCC/[C](=N/OCc1ccccc1)[Ge]([c]1ccccc1)([c]1ccccc1)[c]1ccccc1)[Se]c1ccccc1. The Morgan fingerprint density at radius 2 is 1.07 bits per heavy atom. The fourth-order valence-electron chi connectivity index (χ4n) is 5.47. The summed E-state index contributed by atoms with van der Waals surface area (Å²) in [6.45, 7) is 2.87. The van der Waals surface area contributed by atoms with Crippen LogP contribution in [0.15, 0.2) is 157 Å². The summed E-state index contributed by atoms with van der Waals surface area (Å²) in [4.78, 5) is 6.90. The molecule has 2 nitrogen and oxygen atoms in total. The van der Waals surface area contributed by atoms with Crippen LogP contribution in [0, 0.1) is 0 Å². The number of nitrogens with zero attached hydrogens (tertiary/aromatic N) is 1. The van der Waals surface area contributed by atoms with E-state index in [0.717, 1.165) is 18.4 Å². The Balaban J connectivity index is 1.54. The van der Waals surface area contributed by atoms with Crippen LogP contribution >= 0.6 is 0 Å². The molecular formula is C37H37GeNOSe. The van der Waals surface area contributed by atoms with E-state index in [-0.39, 0.29) is 0 Å². The zero-order chi connectivity index (χ0) is 28.2. The van der Waals surface area contributed by atoms with Gasteiger partial charge >= 0.3 is 255 Å². The van der Waals surface area contributed by atoms with Crippen LogP contribution in [0.5, 0.6) is 0 Å². The zero-order valence-electron chi connectivity index (χ0n) is 23.6. The first-order chi connectivity index (χ1) is 20.3. The van der Waals surface area contributed by atoms with Crippen LogP contribution in [0.4, 0.5) is 0 Å². The Bertz CT molecular complexity index is 1380. The molecule has 0 fully saturated rings. The van der Waals surface area contributed by atoms with Crippen LogP contribution in [-0.4, -0.2) is 32.8 Å². The standard InChI is InChI=1S/C37H37GeNOSe/c1-31(41-36-27-15-6-16-28-36)18-17-29-37(39-40-30-32-19-7-2-8-20-32)38(33-21-9-3-10-22-33,34-23-11-4-12-24-34)35-25-13-5-14-26-35/h2-16,19-28,31H,17-18,29-30H2,1H3/b39-37-. The third-order valence-corrected chi connectivity index (χ3v) is 20.0. The maximum atomic E-state index is 6.24. The minimum absolute atomic E-state index is 0.458. The summed E-state index contributed by atoms with van der Waals surface area (Å²) in [6.07, 6.45) is 3.18. The Labute approximate surface area is 254 Å². The Morgan fingerprint density at radius 3 is 1.56 bits per heavy atom. The maximum absolute atomic E-state index is 6.24. The van der Waals surface area contributed by atoms with Gasteiger partial charge in [0.15, 0.2) is 0 Å². The Hall–Kier alpha value is -3.37. The molecular weight excluding hydrogens is 626 g/mol. The zero-order valence-corrected chi connectivity index (χ0v) is 27.4. The van der Waals surface area contributed by atoms with Gasteiger partial charge in [-0.25, -0.2) is 0 Å². The third kappa shape index (κ3) is 7.48. The van der Waals surface area contributed by atoms with Gasteiger partial charge in [-0.05, 0) is 0 Å². The van der Waals surface area contributed by atoms with E-state index in [2.05, 4.69) is 153 Å². The van der Waals surface area contributed by atoms with Crippen molar-refractivity contribution in [3.8, 4) is 0 Å². The fraction of sp³-hybridized carbons (Fsp3) is 0.162. The minimum atomic E-state index is -3.45. The van der Waals surface area contributed by atoms with Crippen molar-refractivity contribution in [2.24, 2.45) is 5.16 Å². The summed E-state index contributed by atoms with van der Waals surface area (Å²) in [5.74, 6) is 0. The van der Waals surface area contributed by atoms with E-state index in [1.807, 2.05) is 6.07 Å². The van der Waals surface area contributed by atoms with E-state index in [1.54, 1.807) is 0 Å². The van der Waals surface area contributed by atoms with Gasteiger partial charge in [-0.2, -0.15) is 0 Å². The molecule has 5 aromatic rings. The van der Waals surface area contributed by atoms with Gasteiger partial charge in [0.05, 0.1) is 0 Å². The predicted molar refractivity (Wildman–Crippen MR) is 178 cm³/mol. The molecule has 5 aromatic carbocycles. The molecule has 5 rings (SSSR count). The van der Waals surface area contributed by atoms with E-state index in [1.165, 1.54) is 28.6 Å². The van der Waals surface area contributed by atoms with Crippen LogP contribution in [0.3, 0.4) is 0 Å². The van der Waals surface area contributed by atoms with E-state index < -0.39 is 13.3 Å². The van der Waals surface area contributed by atoms with Gasteiger partial charge in [0, 0.05) is 0 Å². The number of rotatable bonds is 13. The number of hydrogen-bond donors (Lipinski definition) is 0. The van der Waals surface area contributed by atoms with Crippen molar-refractivity contribution in [3.63, 3.8) is 0 Å². The third-order valence-electron chi connectivity index (χ3n) is 7.41. The molecule has 0 amide bonds. The van der Waals surface area contributed by atoms with Gasteiger partial charge in [0.2, 0.25) is 0 Å². The van der Waals surface area contributed by atoms with E-state index >= 15 is 0 Å². The molecule has 206 valence electrons. The van der Waals surface area contributed by atoms with E-state index in [0.29, 0.717) is 26.4 Å². The van der Waals surface area contributed by atoms with Gasteiger partial charge in [-0.15, -0.1) is 0 Å². The molecule has 0 aliphatic heterocycles. The number of oxime groups is 1. The van der Waals surface area contributed by atoms with Crippen molar-refractivity contribution in [2.75, 3.05) is 0 Å². The molecule has 0 aromatic heterocycles. The van der Waals surface area contributed by atoms with Crippen molar-refractivity contribution in [2.45, 2.75) is 37.6 Å². The van der Waals surface area contributed by atoms with Gasteiger partial charge < -0.3 is 0 Å². The van der Waals surface area contributed by atoms with Crippen molar-refractivity contribution < 1.29 is 4.84 Å². The number of hydrogen-bond acceptors (Lipinski definition) is 2. The Kier molecular flexibility index (Phi) is 10.7. The second-order valence-electron chi connectivity index (χ2n) is 10.3. The van der Waals surface area contributed by atoms with Crippen molar-refractivity contribution in [1.29, 1.82) is 0 Å². The first-order valence-corrected chi connectivity index (χ1v) is 20.4. The topological polar surface area (TPSA) is 21.6 Å². The van der Waals surface area contributed by atoms with Crippen LogP contribution in [-0.2, 0) is 11.4 Å². The average molecular weight is 663 g/mol.